The highest BCUT2D eigenvalue weighted by molar-refractivity contribution is 7.90. The topological polar surface area (TPSA) is 66.4 Å². The van der Waals surface area contributed by atoms with Crippen LogP contribution in [0.2, 0.25) is 0 Å². The third kappa shape index (κ3) is 4.58. The molecule has 0 aromatic heterocycles. The van der Waals surface area contributed by atoms with Gasteiger partial charge in [0.2, 0.25) is 10.0 Å². The molecule has 68 valence electrons. The van der Waals surface area contributed by atoms with E-state index in [-0.39, 0.29) is 6.61 Å². The number of halogens is 1. The quantitative estimate of drug-likeness (QED) is 0.610. The van der Waals surface area contributed by atoms with Gasteiger partial charge in [0.1, 0.15) is 5.21 Å². The first-order valence-corrected chi connectivity index (χ1v) is 5.41. The van der Waals surface area contributed by atoms with Gasteiger partial charge in [0.05, 0.1) is 6.61 Å². The minimum atomic E-state index is -3.39. The Kier molecular flexibility index (Phi) is 4.99. The monoisotopic (exact) mass is 201 g/mol. The number of rotatable bonds is 5. The maximum absolute atomic E-state index is 10.8. The zero-order chi connectivity index (χ0) is 8.91. The molecule has 1 atom stereocenters. The number of hydrogen-bond donors (Lipinski definition) is 2. The minimum Gasteiger partial charge on any atom is -0.395 e. The van der Waals surface area contributed by atoms with Crippen molar-refractivity contribution >= 4 is 21.6 Å². The molecule has 0 amide bonds. The Morgan fingerprint density at radius 1 is 1.64 bits per heavy atom. The van der Waals surface area contributed by atoms with Gasteiger partial charge in [-0.1, -0.05) is 6.92 Å². The summed E-state index contributed by atoms with van der Waals surface area (Å²) >= 11 is 5.12. The third-order valence-corrected chi connectivity index (χ3v) is 3.04. The lowest BCUT2D eigenvalue weighted by atomic mass is 10.3. The van der Waals surface area contributed by atoms with Gasteiger partial charge in [-0.15, -0.1) is 11.6 Å². The second-order valence-electron chi connectivity index (χ2n) is 2.13. The van der Waals surface area contributed by atoms with Crippen LogP contribution in [0.3, 0.4) is 0 Å². The molecule has 0 heterocycles. The van der Waals surface area contributed by atoms with Crippen molar-refractivity contribution in [1.29, 1.82) is 0 Å². The molecule has 0 unspecified atom stereocenters. The Hall–Kier alpha value is 0.160. The van der Waals surface area contributed by atoms with Crippen molar-refractivity contribution in [1.82, 2.24) is 4.72 Å². The van der Waals surface area contributed by atoms with Crippen LogP contribution in [-0.2, 0) is 10.0 Å². The predicted octanol–water partition coefficient (Wildman–Crippen LogP) is -0.127. The zero-order valence-corrected chi connectivity index (χ0v) is 7.82. The predicted molar refractivity (Wildman–Crippen MR) is 43.9 cm³/mol. The molecule has 6 heteroatoms. The lowest BCUT2D eigenvalue weighted by molar-refractivity contribution is 0.254. The number of nitrogens with one attached hydrogen (secondary N) is 1. The molecule has 0 aliphatic carbocycles. The normalized spacial score (nSPS) is 14.8. The van der Waals surface area contributed by atoms with Crippen molar-refractivity contribution < 1.29 is 13.5 Å². The van der Waals surface area contributed by atoms with E-state index < -0.39 is 21.3 Å². The highest BCUT2D eigenvalue weighted by Gasteiger charge is 2.13. The first-order valence-electron chi connectivity index (χ1n) is 3.22. The highest BCUT2D eigenvalue weighted by Crippen LogP contribution is 1.95. The Morgan fingerprint density at radius 2 is 2.18 bits per heavy atom. The van der Waals surface area contributed by atoms with Gasteiger partial charge >= 0.3 is 0 Å². The summed E-state index contributed by atoms with van der Waals surface area (Å²) in [5, 5.41) is 8.15. The van der Waals surface area contributed by atoms with Gasteiger partial charge in [-0.2, -0.15) is 0 Å². The minimum absolute atomic E-state index is 0.202. The third-order valence-electron chi connectivity index (χ3n) is 1.20. The smallest absolute Gasteiger partial charge is 0.225 e. The second kappa shape index (κ2) is 4.92. The summed E-state index contributed by atoms with van der Waals surface area (Å²) in [5.41, 5.74) is 0. The Morgan fingerprint density at radius 3 is 2.45 bits per heavy atom. The number of sulfonamides is 1. The maximum Gasteiger partial charge on any atom is 0.225 e. The van der Waals surface area contributed by atoms with Crippen LogP contribution >= 0.6 is 11.6 Å². The van der Waals surface area contributed by atoms with Gasteiger partial charge in [-0.05, 0) is 6.42 Å². The van der Waals surface area contributed by atoms with E-state index in [4.69, 9.17) is 16.7 Å². The van der Waals surface area contributed by atoms with Crippen LogP contribution in [0.4, 0.5) is 0 Å². The molecule has 0 spiro atoms. The number of aliphatic hydroxyl groups excluding tert-OH is 1. The van der Waals surface area contributed by atoms with Crippen LogP contribution in [-0.4, -0.2) is 31.4 Å². The van der Waals surface area contributed by atoms with Gasteiger partial charge in [-0.3, -0.25) is 0 Å². The van der Waals surface area contributed by atoms with Crippen LogP contribution in [0.1, 0.15) is 13.3 Å². The summed E-state index contributed by atoms with van der Waals surface area (Å²) in [6, 6.07) is -0.418. The van der Waals surface area contributed by atoms with Gasteiger partial charge < -0.3 is 5.11 Å². The Balaban J connectivity index is 4.01. The van der Waals surface area contributed by atoms with E-state index in [9.17, 15) is 8.42 Å². The molecule has 11 heavy (non-hydrogen) atoms. The zero-order valence-electron chi connectivity index (χ0n) is 6.25. The van der Waals surface area contributed by atoms with Crippen molar-refractivity contribution in [3.8, 4) is 0 Å². The summed E-state index contributed by atoms with van der Waals surface area (Å²) < 4.78 is 23.8. The fourth-order valence-electron chi connectivity index (χ4n) is 0.535. The lowest BCUT2D eigenvalue weighted by Crippen LogP contribution is -2.37. The summed E-state index contributed by atoms with van der Waals surface area (Å²) in [5.74, 6) is 0. The van der Waals surface area contributed by atoms with Crippen LogP contribution < -0.4 is 4.72 Å². The van der Waals surface area contributed by atoms with E-state index in [2.05, 4.69) is 4.72 Å². The van der Waals surface area contributed by atoms with Crippen molar-refractivity contribution in [3.63, 3.8) is 0 Å². The molecule has 0 rings (SSSR count). The van der Waals surface area contributed by atoms with Crippen molar-refractivity contribution in [3.05, 3.63) is 0 Å². The van der Waals surface area contributed by atoms with Crippen molar-refractivity contribution in [2.24, 2.45) is 0 Å². The molecule has 0 fully saturated rings. The number of alkyl halides is 1. The molecule has 2 N–H and O–H groups in total. The van der Waals surface area contributed by atoms with E-state index in [0.29, 0.717) is 6.42 Å². The fraction of sp³-hybridized carbons (Fsp3) is 1.00. The van der Waals surface area contributed by atoms with E-state index in [1.807, 2.05) is 0 Å². The molecule has 0 bridgehead atoms. The average molecular weight is 202 g/mol. The molecule has 0 aromatic carbocycles. The molecule has 0 aliphatic heterocycles. The van der Waals surface area contributed by atoms with Crippen LogP contribution in [0.25, 0.3) is 0 Å². The van der Waals surface area contributed by atoms with Crippen molar-refractivity contribution in [2.75, 3.05) is 11.8 Å². The van der Waals surface area contributed by atoms with Crippen LogP contribution in [0.15, 0.2) is 0 Å². The van der Waals surface area contributed by atoms with Gasteiger partial charge in [-0.25, -0.2) is 13.1 Å². The second-order valence-corrected chi connectivity index (χ2v) is 4.47. The van der Waals surface area contributed by atoms with Gasteiger partial charge in [0.15, 0.2) is 0 Å². The number of aliphatic hydroxyl groups is 1. The number of hydrogen-bond acceptors (Lipinski definition) is 3. The maximum atomic E-state index is 10.8. The van der Waals surface area contributed by atoms with Gasteiger partial charge in [0, 0.05) is 6.04 Å². The molecule has 0 radical (unpaired) electrons. The molecular formula is C5H12ClNO3S. The average Bonchev–Trinajstić information content (AvgIpc) is 2.00. The van der Waals surface area contributed by atoms with Crippen LogP contribution in [0, 0.1) is 0 Å². The van der Waals surface area contributed by atoms with E-state index >= 15 is 0 Å². The summed E-state index contributed by atoms with van der Waals surface area (Å²) in [6.07, 6.45) is 0.548. The standard InChI is InChI=1S/C5H12ClNO3S/c1-2-5(3-8)7-11(9,10)4-6/h5,7-8H,2-4H2,1H3/t5-/m0/s1. The molecule has 0 saturated heterocycles. The van der Waals surface area contributed by atoms with E-state index in [1.165, 1.54) is 0 Å². The summed E-state index contributed by atoms with van der Waals surface area (Å²) in [7, 11) is -3.39. The highest BCUT2D eigenvalue weighted by atomic mass is 35.5. The molecule has 0 aromatic rings. The molecule has 4 nitrogen and oxygen atoms in total. The largest absolute Gasteiger partial charge is 0.395 e. The SMILES string of the molecule is CC[C@@H](CO)NS(=O)(=O)CCl. The first kappa shape index (κ1) is 11.2. The van der Waals surface area contributed by atoms with Gasteiger partial charge in [0.25, 0.3) is 0 Å². The summed E-state index contributed by atoms with van der Waals surface area (Å²) in [6.45, 7) is 1.57. The van der Waals surface area contributed by atoms with Crippen LogP contribution in [0.5, 0.6) is 0 Å². The molecule has 0 saturated carbocycles. The van der Waals surface area contributed by atoms with E-state index in [1.54, 1.807) is 6.92 Å². The molecule has 0 aliphatic rings. The fourth-order valence-corrected chi connectivity index (χ4v) is 1.54. The molecular weight excluding hydrogens is 190 g/mol. The Labute approximate surface area is 71.6 Å². The lowest BCUT2D eigenvalue weighted by Gasteiger charge is -2.11. The Bertz CT molecular complexity index is 188. The van der Waals surface area contributed by atoms with Crippen molar-refractivity contribution in [2.45, 2.75) is 19.4 Å². The summed E-state index contributed by atoms with van der Waals surface area (Å²) in [4.78, 5) is 0. The van der Waals surface area contributed by atoms with E-state index in [0.717, 1.165) is 0 Å². The first-order chi connectivity index (χ1) is 5.05.